The maximum atomic E-state index is 14.3. The molecule has 1 aromatic carbocycles. The molecule has 1 N–H and O–H groups in total. The highest BCUT2D eigenvalue weighted by atomic mass is 16.5. The SMILES string of the molecule is CCCCc1c(Cc2ccc(-c3ccccc3C#N)nc2)c(=O)n(C2CCC(OC(CC)C(=O)O)CC2)c2ccnn12. The fraction of sp³-hybridized carbons (Fsp3) is 0.424. The second-order valence-electron chi connectivity index (χ2n) is 11.0. The van der Waals surface area contributed by atoms with Gasteiger partial charge in [0.1, 0.15) is 5.65 Å². The molecule has 3 heterocycles. The van der Waals surface area contributed by atoms with Crippen LogP contribution in [0.5, 0.6) is 0 Å². The molecule has 218 valence electrons. The van der Waals surface area contributed by atoms with Crippen LogP contribution >= 0.6 is 0 Å². The standard InChI is InChI=1S/C33H37N5O4/c1-3-5-10-29-27(19-22-11-16-28(35-21-22)26-9-7-6-8-23(26)20-34)32(39)37(31-17-18-36-38(29)31)24-12-14-25(15-13-24)42-30(4-2)33(40)41/h6-9,11,16-18,21,24-25,30H,3-5,10,12-15,19H2,1-2H3,(H,40,41). The number of unbranched alkanes of at least 4 members (excludes halogenated alkanes) is 1. The number of rotatable bonds is 11. The number of aryl methyl sites for hydroxylation is 1. The van der Waals surface area contributed by atoms with Crippen LogP contribution in [0.15, 0.2) is 59.7 Å². The van der Waals surface area contributed by atoms with Gasteiger partial charge in [-0.15, -0.1) is 0 Å². The van der Waals surface area contributed by atoms with E-state index in [0.29, 0.717) is 36.9 Å². The summed E-state index contributed by atoms with van der Waals surface area (Å²) in [5, 5.41) is 23.5. The van der Waals surface area contributed by atoms with Crippen molar-refractivity contribution in [2.45, 2.75) is 89.9 Å². The summed E-state index contributed by atoms with van der Waals surface area (Å²) in [6, 6.07) is 15.4. The molecule has 0 amide bonds. The van der Waals surface area contributed by atoms with E-state index in [0.717, 1.165) is 60.1 Å². The number of hydrogen-bond donors (Lipinski definition) is 1. The highest BCUT2D eigenvalue weighted by Gasteiger charge is 2.30. The highest BCUT2D eigenvalue weighted by molar-refractivity contribution is 5.72. The number of carboxylic acid groups (broad SMARTS) is 1. The van der Waals surface area contributed by atoms with Gasteiger partial charge in [0.05, 0.1) is 35.3 Å². The van der Waals surface area contributed by atoms with E-state index in [-0.39, 0.29) is 17.7 Å². The molecule has 0 aliphatic heterocycles. The lowest BCUT2D eigenvalue weighted by atomic mass is 9.92. The molecule has 1 atom stereocenters. The molecular weight excluding hydrogens is 530 g/mol. The average molecular weight is 568 g/mol. The van der Waals surface area contributed by atoms with Crippen molar-refractivity contribution in [1.82, 2.24) is 19.2 Å². The fourth-order valence-corrected chi connectivity index (χ4v) is 6.02. The van der Waals surface area contributed by atoms with Gasteiger partial charge >= 0.3 is 5.97 Å². The number of aliphatic carboxylic acids is 1. The number of fused-ring (bicyclic) bond motifs is 1. The first-order chi connectivity index (χ1) is 20.4. The lowest BCUT2D eigenvalue weighted by Crippen LogP contribution is -2.36. The molecule has 0 bridgehead atoms. The third kappa shape index (κ3) is 6.00. The van der Waals surface area contributed by atoms with Crippen LogP contribution in [0.4, 0.5) is 0 Å². The smallest absolute Gasteiger partial charge is 0.332 e. The molecule has 0 radical (unpaired) electrons. The zero-order valence-electron chi connectivity index (χ0n) is 24.2. The summed E-state index contributed by atoms with van der Waals surface area (Å²) < 4.78 is 9.71. The molecule has 1 unspecified atom stereocenters. The van der Waals surface area contributed by atoms with E-state index in [4.69, 9.17) is 4.74 Å². The third-order valence-corrected chi connectivity index (χ3v) is 8.26. The van der Waals surface area contributed by atoms with Gasteiger partial charge in [-0.25, -0.2) is 9.31 Å². The van der Waals surface area contributed by atoms with Gasteiger partial charge in [0.25, 0.3) is 5.56 Å². The maximum Gasteiger partial charge on any atom is 0.332 e. The predicted molar refractivity (Wildman–Crippen MR) is 159 cm³/mol. The van der Waals surface area contributed by atoms with E-state index in [2.05, 4.69) is 23.1 Å². The van der Waals surface area contributed by atoms with E-state index < -0.39 is 12.1 Å². The van der Waals surface area contributed by atoms with Gasteiger partial charge in [-0.1, -0.05) is 44.5 Å². The molecule has 1 aliphatic rings. The second-order valence-corrected chi connectivity index (χ2v) is 11.0. The third-order valence-electron chi connectivity index (χ3n) is 8.26. The van der Waals surface area contributed by atoms with Gasteiger partial charge in [0.15, 0.2) is 6.10 Å². The van der Waals surface area contributed by atoms with Gasteiger partial charge < -0.3 is 9.84 Å². The Morgan fingerprint density at radius 2 is 1.93 bits per heavy atom. The molecule has 9 nitrogen and oxygen atoms in total. The number of hydrogen-bond acceptors (Lipinski definition) is 6. The largest absolute Gasteiger partial charge is 0.479 e. The molecule has 1 saturated carbocycles. The Morgan fingerprint density at radius 1 is 1.14 bits per heavy atom. The van der Waals surface area contributed by atoms with Gasteiger partial charge in [-0.2, -0.15) is 10.4 Å². The van der Waals surface area contributed by atoms with Crippen LogP contribution in [0.25, 0.3) is 16.9 Å². The highest BCUT2D eigenvalue weighted by Crippen LogP contribution is 2.32. The first-order valence-electron chi connectivity index (χ1n) is 14.9. The Morgan fingerprint density at radius 3 is 2.60 bits per heavy atom. The zero-order chi connectivity index (χ0) is 29.6. The minimum absolute atomic E-state index is 0.00524. The van der Waals surface area contributed by atoms with Crippen LogP contribution in [-0.2, 0) is 22.4 Å². The number of carboxylic acids is 1. The molecule has 0 saturated heterocycles. The number of nitrogens with zero attached hydrogens (tertiary/aromatic N) is 5. The van der Waals surface area contributed by atoms with Crippen molar-refractivity contribution >= 4 is 11.6 Å². The van der Waals surface area contributed by atoms with Crippen molar-refractivity contribution < 1.29 is 14.6 Å². The van der Waals surface area contributed by atoms with Crippen LogP contribution < -0.4 is 5.56 Å². The molecule has 4 aromatic rings. The van der Waals surface area contributed by atoms with E-state index in [1.807, 2.05) is 52.4 Å². The van der Waals surface area contributed by atoms with Gasteiger partial charge in [-0.05, 0) is 62.6 Å². The molecule has 5 rings (SSSR count). The summed E-state index contributed by atoms with van der Waals surface area (Å²) in [5.74, 6) is -0.930. The number of pyridine rings is 1. The Labute approximate surface area is 245 Å². The molecule has 3 aromatic heterocycles. The summed E-state index contributed by atoms with van der Waals surface area (Å²) in [5.41, 5.74) is 5.42. The van der Waals surface area contributed by atoms with Crippen molar-refractivity contribution in [3.05, 3.63) is 87.6 Å². The number of aromatic nitrogens is 4. The summed E-state index contributed by atoms with van der Waals surface area (Å²) in [4.78, 5) is 30.4. The van der Waals surface area contributed by atoms with Gasteiger partial charge in [-0.3, -0.25) is 14.3 Å². The summed E-state index contributed by atoms with van der Waals surface area (Å²) in [7, 11) is 0. The van der Waals surface area contributed by atoms with Crippen molar-refractivity contribution in [3.8, 4) is 17.3 Å². The van der Waals surface area contributed by atoms with Crippen LogP contribution in [0.1, 0.15) is 87.2 Å². The minimum Gasteiger partial charge on any atom is -0.479 e. The quantitative estimate of drug-likeness (QED) is 0.246. The van der Waals surface area contributed by atoms with Crippen LogP contribution in [0.2, 0.25) is 0 Å². The predicted octanol–water partition coefficient (Wildman–Crippen LogP) is 5.73. The van der Waals surface area contributed by atoms with Crippen molar-refractivity contribution in [3.63, 3.8) is 0 Å². The minimum atomic E-state index is -0.930. The average Bonchev–Trinajstić information content (AvgIpc) is 3.50. The number of nitriles is 1. The Kier molecular flexibility index (Phi) is 9.13. The Bertz CT molecular complexity index is 1640. The summed E-state index contributed by atoms with van der Waals surface area (Å²) >= 11 is 0. The van der Waals surface area contributed by atoms with E-state index >= 15 is 0 Å². The van der Waals surface area contributed by atoms with Crippen molar-refractivity contribution in [2.24, 2.45) is 0 Å². The van der Waals surface area contributed by atoms with Crippen molar-refractivity contribution in [1.29, 1.82) is 5.26 Å². The monoisotopic (exact) mass is 567 g/mol. The number of ether oxygens (including phenoxy) is 1. The van der Waals surface area contributed by atoms with Crippen LogP contribution in [-0.4, -0.2) is 42.4 Å². The van der Waals surface area contributed by atoms with Gasteiger partial charge in [0, 0.05) is 35.9 Å². The molecule has 0 spiro atoms. The van der Waals surface area contributed by atoms with Crippen LogP contribution in [0, 0.1) is 11.3 Å². The Hall–Kier alpha value is -4.29. The topological polar surface area (TPSA) is 123 Å². The normalized spacial score (nSPS) is 17.6. The molecule has 42 heavy (non-hydrogen) atoms. The molecule has 9 heteroatoms. The second kappa shape index (κ2) is 13.1. The van der Waals surface area contributed by atoms with E-state index in [9.17, 15) is 20.0 Å². The lowest BCUT2D eigenvalue weighted by Gasteiger charge is -2.32. The summed E-state index contributed by atoms with van der Waals surface area (Å²) in [6.07, 6.45) is 9.00. The summed E-state index contributed by atoms with van der Waals surface area (Å²) in [6.45, 7) is 3.95. The first-order valence-corrected chi connectivity index (χ1v) is 14.9. The zero-order valence-corrected chi connectivity index (χ0v) is 24.2. The lowest BCUT2D eigenvalue weighted by molar-refractivity contribution is -0.156. The Balaban J connectivity index is 1.47. The maximum absolute atomic E-state index is 14.3. The first kappa shape index (κ1) is 29.2. The molecule has 1 aliphatic carbocycles. The van der Waals surface area contributed by atoms with Crippen LogP contribution in [0.3, 0.4) is 0 Å². The fourth-order valence-electron chi connectivity index (χ4n) is 6.02. The van der Waals surface area contributed by atoms with Crippen molar-refractivity contribution in [2.75, 3.05) is 0 Å². The number of carbonyl (C=O) groups is 1. The van der Waals surface area contributed by atoms with E-state index in [1.54, 1.807) is 18.5 Å². The number of benzene rings is 1. The van der Waals surface area contributed by atoms with Gasteiger partial charge in [0.2, 0.25) is 0 Å². The van der Waals surface area contributed by atoms with E-state index in [1.165, 1.54) is 0 Å². The molecular formula is C33H37N5O4. The molecule has 1 fully saturated rings.